The predicted octanol–water partition coefficient (Wildman–Crippen LogP) is 3.52. The van der Waals surface area contributed by atoms with Gasteiger partial charge in [-0.25, -0.2) is 0 Å². The number of benzene rings is 1. The minimum atomic E-state index is -4.53. The molecule has 1 rings (SSSR count). The van der Waals surface area contributed by atoms with Crippen molar-refractivity contribution in [2.24, 2.45) is 0 Å². The van der Waals surface area contributed by atoms with Gasteiger partial charge in [-0.05, 0) is 24.3 Å². The molecule has 0 saturated carbocycles. The molecule has 0 fully saturated rings. The minimum absolute atomic E-state index is 0.169. The maximum absolute atomic E-state index is 12.5. The second-order valence-electron chi connectivity index (χ2n) is 3.27. The van der Waals surface area contributed by atoms with Crippen LogP contribution >= 0.6 is 0 Å². The summed E-state index contributed by atoms with van der Waals surface area (Å²) >= 11 is 0. The van der Waals surface area contributed by atoms with Crippen LogP contribution in [-0.4, -0.2) is 18.3 Å². The lowest BCUT2D eigenvalue weighted by Crippen LogP contribution is -2.33. The molecule has 0 bridgehead atoms. The fourth-order valence-corrected chi connectivity index (χ4v) is 1.11. The Morgan fingerprint density at radius 3 is 2.24 bits per heavy atom. The first kappa shape index (κ1) is 13.5. The Hall–Kier alpha value is -1.59. The summed E-state index contributed by atoms with van der Waals surface area (Å²) in [6, 6.07) is 4.61. The zero-order chi connectivity index (χ0) is 13.1. The molecule has 0 aliphatic rings. The van der Waals surface area contributed by atoms with Gasteiger partial charge >= 0.3 is 12.5 Å². The monoisotopic (exact) mass is 250 g/mol. The number of hydrogen-bond donors (Lipinski definition) is 0. The quantitative estimate of drug-likeness (QED) is 0.590. The number of alkyl halides is 4. The lowest BCUT2D eigenvalue weighted by atomic mass is 10.1. The van der Waals surface area contributed by atoms with Crippen molar-refractivity contribution in [3.8, 4) is 5.75 Å². The van der Waals surface area contributed by atoms with Gasteiger partial charge in [-0.2, -0.15) is 17.6 Å². The summed E-state index contributed by atoms with van der Waals surface area (Å²) in [6.45, 7) is 1.65. The molecule has 0 aliphatic heterocycles. The van der Waals surface area contributed by atoms with Gasteiger partial charge in [-0.3, -0.25) is 4.79 Å². The number of carbonyl (C=O) groups is 1. The average molecular weight is 250 g/mol. The van der Waals surface area contributed by atoms with Crippen LogP contribution in [0.15, 0.2) is 24.3 Å². The van der Waals surface area contributed by atoms with E-state index < -0.39 is 18.3 Å². The van der Waals surface area contributed by atoms with E-state index in [4.69, 9.17) is 0 Å². The Labute approximate surface area is 95.2 Å². The van der Waals surface area contributed by atoms with Crippen molar-refractivity contribution in [3.05, 3.63) is 29.8 Å². The van der Waals surface area contributed by atoms with E-state index in [1.165, 1.54) is 12.1 Å². The summed E-state index contributed by atoms with van der Waals surface area (Å²) < 4.78 is 52.5. The average Bonchev–Trinajstić information content (AvgIpc) is 2.28. The van der Waals surface area contributed by atoms with Crippen molar-refractivity contribution in [1.29, 1.82) is 0 Å². The van der Waals surface area contributed by atoms with Gasteiger partial charge in [-0.15, -0.1) is 0 Å². The second-order valence-corrected chi connectivity index (χ2v) is 3.27. The molecule has 0 heterocycles. The number of ketones is 1. The van der Waals surface area contributed by atoms with E-state index in [2.05, 4.69) is 4.74 Å². The first-order valence-corrected chi connectivity index (χ1v) is 4.85. The van der Waals surface area contributed by atoms with Gasteiger partial charge in [0.15, 0.2) is 5.78 Å². The fraction of sp³-hybridized carbons (Fsp3) is 0.364. The molecular weight excluding hydrogens is 240 g/mol. The van der Waals surface area contributed by atoms with Crippen LogP contribution in [-0.2, 0) is 0 Å². The van der Waals surface area contributed by atoms with E-state index in [1.807, 2.05) is 0 Å². The van der Waals surface area contributed by atoms with Gasteiger partial charge in [-0.1, -0.05) is 6.92 Å². The third-order valence-corrected chi connectivity index (χ3v) is 2.01. The molecule has 2 nitrogen and oxygen atoms in total. The van der Waals surface area contributed by atoms with Gasteiger partial charge in [0.1, 0.15) is 5.75 Å². The van der Waals surface area contributed by atoms with E-state index in [9.17, 15) is 22.4 Å². The Balaban J connectivity index is 2.79. The standard InChI is InChI=1S/C11H10F4O2/c1-2-9(16)7-3-5-8(6-4-7)17-11(14,15)10(12)13/h3-6,10H,2H2,1H3. The molecule has 0 aliphatic carbocycles. The largest absolute Gasteiger partial charge is 0.461 e. The molecule has 0 saturated heterocycles. The lowest BCUT2D eigenvalue weighted by molar-refractivity contribution is -0.253. The molecular formula is C11H10F4O2. The summed E-state index contributed by atoms with van der Waals surface area (Å²) in [4.78, 5) is 11.2. The normalized spacial score (nSPS) is 11.6. The zero-order valence-corrected chi connectivity index (χ0v) is 8.92. The smallest absolute Gasteiger partial charge is 0.428 e. The Bertz CT molecular complexity index is 387. The predicted molar refractivity (Wildman–Crippen MR) is 52.6 cm³/mol. The summed E-state index contributed by atoms with van der Waals surface area (Å²) in [5, 5.41) is 0. The molecule has 0 unspecified atom stereocenters. The SMILES string of the molecule is CCC(=O)c1ccc(OC(F)(F)C(F)F)cc1. The van der Waals surface area contributed by atoms with Crippen LogP contribution in [0.2, 0.25) is 0 Å². The van der Waals surface area contributed by atoms with Crippen molar-refractivity contribution in [2.45, 2.75) is 25.9 Å². The van der Waals surface area contributed by atoms with Crippen LogP contribution < -0.4 is 4.74 Å². The van der Waals surface area contributed by atoms with Crippen LogP contribution in [0.1, 0.15) is 23.7 Å². The molecule has 0 spiro atoms. The zero-order valence-electron chi connectivity index (χ0n) is 8.92. The second kappa shape index (κ2) is 5.16. The molecule has 1 aromatic carbocycles. The third kappa shape index (κ3) is 3.44. The van der Waals surface area contributed by atoms with E-state index in [0.717, 1.165) is 12.1 Å². The molecule has 1 aromatic rings. The van der Waals surface area contributed by atoms with Crippen molar-refractivity contribution >= 4 is 5.78 Å². The molecule has 0 amide bonds. The first-order chi connectivity index (χ1) is 7.86. The molecule has 0 atom stereocenters. The minimum Gasteiger partial charge on any atom is -0.428 e. The Morgan fingerprint density at radius 2 is 1.82 bits per heavy atom. The molecule has 94 valence electrons. The summed E-state index contributed by atoms with van der Waals surface area (Å²) in [7, 11) is 0. The third-order valence-electron chi connectivity index (χ3n) is 2.01. The van der Waals surface area contributed by atoms with Crippen molar-refractivity contribution in [2.75, 3.05) is 0 Å². The van der Waals surface area contributed by atoms with Gasteiger partial charge < -0.3 is 4.74 Å². The van der Waals surface area contributed by atoms with E-state index >= 15 is 0 Å². The van der Waals surface area contributed by atoms with E-state index in [1.54, 1.807) is 6.92 Å². The number of Topliss-reactive ketones (excluding diaryl/α,β-unsaturated/α-hetero) is 1. The van der Waals surface area contributed by atoms with Gasteiger partial charge in [0.25, 0.3) is 0 Å². The molecule has 0 N–H and O–H groups in total. The van der Waals surface area contributed by atoms with Gasteiger partial charge in [0.2, 0.25) is 0 Å². The molecule has 0 radical (unpaired) electrons. The maximum atomic E-state index is 12.5. The topological polar surface area (TPSA) is 26.3 Å². The Kier molecular flexibility index (Phi) is 4.09. The highest BCUT2D eigenvalue weighted by atomic mass is 19.3. The first-order valence-electron chi connectivity index (χ1n) is 4.85. The molecule has 0 aromatic heterocycles. The Morgan fingerprint density at radius 1 is 1.29 bits per heavy atom. The van der Waals surface area contributed by atoms with Crippen molar-refractivity contribution in [1.82, 2.24) is 0 Å². The van der Waals surface area contributed by atoms with Gasteiger partial charge in [0.05, 0.1) is 0 Å². The van der Waals surface area contributed by atoms with Crippen molar-refractivity contribution in [3.63, 3.8) is 0 Å². The molecule has 6 heteroatoms. The summed E-state index contributed by atoms with van der Waals surface area (Å²) in [5.41, 5.74) is 0.320. The number of rotatable bonds is 5. The highest BCUT2D eigenvalue weighted by Gasteiger charge is 2.43. The van der Waals surface area contributed by atoms with Crippen LogP contribution in [0, 0.1) is 0 Å². The number of halogens is 4. The van der Waals surface area contributed by atoms with Crippen LogP contribution in [0.4, 0.5) is 17.6 Å². The maximum Gasteiger partial charge on any atom is 0.461 e. The number of carbonyl (C=O) groups excluding carboxylic acids is 1. The van der Waals surface area contributed by atoms with E-state index in [-0.39, 0.29) is 12.2 Å². The van der Waals surface area contributed by atoms with Crippen LogP contribution in [0.3, 0.4) is 0 Å². The van der Waals surface area contributed by atoms with E-state index in [0.29, 0.717) is 5.56 Å². The van der Waals surface area contributed by atoms with Crippen LogP contribution in [0.25, 0.3) is 0 Å². The van der Waals surface area contributed by atoms with Gasteiger partial charge in [0, 0.05) is 12.0 Å². The highest BCUT2D eigenvalue weighted by Crippen LogP contribution is 2.27. The highest BCUT2D eigenvalue weighted by molar-refractivity contribution is 5.95. The van der Waals surface area contributed by atoms with Crippen molar-refractivity contribution < 1.29 is 27.1 Å². The number of ether oxygens (including phenoxy) is 1. The summed E-state index contributed by atoms with van der Waals surface area (Å²) in [6.07, 6.45) is -8.16. The molecule has 17 heavy (non-hydrogen) atoms. The summed E-state index contributed by atoms with van der Waals surface area (Å²) in [5.74, 6) is -0.583. The fourth-order valence-electron chi connectivity index (χ4n) is 1.11. The number of hydrogen-bond acceptors (Lipinski definition) is 2. The van der Waals surface area contributed by atoms with Crippen LogP contribution in [0.5, 0.6) is 5.75 Å². The lowest BCUT2D eigenvalue weighted by Gasteiger charge is -2.16.